The Morgan fingerprint density at radius 3 is 2.73 bits per heavy atom. The van der Waals surface area contributed by atoms with Crippen molar-refractivity contribution in [3.8, 4) is 0 Å². The maximum Gasteiger partial charge on any atom is 0.338 e. The lowest BCUT2D eigenvalue weighted by atomic mass is 10.0. The largest absolute Gasteiger partial charge is 0.508 e. The lowest BCUT2D eigenvalue weighted by Gasteiger charge is -2.14. The van der Waals surface area contributed by atoms with Crippen molar-refractivity contribution in [2.75, 3.05) is 19.7 Å². The third-order valence-corrected chi connectivity index (χ3v) is 6.19. The highest BCUT2D eigenvalue weighted by Crippen LogP contribution is 2.25. The van der Waals surface area contributed by atoms with Crippen LogP contribution in [0.4, 0.5) is 0 Å². The van der Waals surface area contributed by atoms with Crippen LogP contribution in [0.3, 0.4) is 0 Å². The maximum absolute atomic E-state index is 12.2. The van der Waals surface area contributed by atoms with Gasteiger partial charge in [0.2, 0.25) is 5.91 Å². The Balaban J connectivity index is 1.65. The molecule has 2 aliphatic heterocycles. The van der Waals surface area contributed by atoms with Crippen molar-refractivity contribution in [2.45, 2.75) is 72.3 Å². The number of ether oxygens (including phenoxy) is 1. The predicted octanol–water partition coefficient (Wildman–Crippen LogP) is 4.93. The average Bonchev–Trinajstić information content (AvgIpc) is 3.22. The van der Waals surface area contributed by atoms with Crippen molar-refractivity contribution in [3.63, 3.8) is 0 Å². The summed E-state index contributed by atoms with van der Waals surface area (Å²) >= 11 is 0. The first-order valence-electron chi connectivity index (χ1n) is 11.9. The topological polar surface area (TPSA) is 87.1 Å². The standard InChI is InChI=1S/C27H39NO5/c1-19(10-6-12-21(3)18-24-25(30)22(4)27(32)33-24)8-5-9-20(2)11-7-13-23-14-15-28(16-17-29)26(23)31/h5,8-9,12,14,19,24,29-30H,6-7,10-11,13,15-18H2,1-4H3/b8-5+,20-9+,21-12+/t19-,24-/m1/s1. The molecule has 0 spiro atoms. The Hall–Kier alpha value is -2.60. The van der Waals surface area contributed by atoms with E-state index in [1.807, 2.05) is 13.0 Å². The normalized spacial score (nSPS) is 20.8. The third-order valence-electron chi connectivity index (χ3n) is 6.19. The van der Waals surface area contributed by atoms with Gasteiger partial charge in [-0.1, -0.05) is 48.5 Å². The van der Waals surface area contributed by atoms with Gasteiger partial charge in [0.1, 0.15) is 5.76 Å². The minimum atomic E-state index is -0.540. The van der Waals surface area contributed by atoms with Crippen molar-refractivity contribution in [2.24, 2.45) is 5.92 Å². The average molecular weight is 458 g/mol. The summed E-state index contributed by atoms with van der Waals surface area (Å²) in [5.41, 5.74) is 3.58. The summed E-state index contributed by atoms with van der Waals surface area (Å²) in [7, 11) is 0. The lowest BCUT2D eigenvalue weighted by molar-refractivity contribution is -0.140. The van der Waals surface area contributed by atoms with Crippen LogP contribution in [0.2, 0.25) is 0 Å². The molecule has 0 aliphatic carbocycles. The number of aliphatic hydroxyl groups is 2. The monoisotopic (exact) mass is 457 g/mol. The van der Waals surface area contributed by atoms with E-state index in [1.54, 1.807) is 11.8 Å². The summed E-state index contributed by atoms with van der Waals surface area (Å²) in [4.78, 5) is 25.3. The molecule has 6 nitrogen and oxygen atoms in total. The SMILES string of the molecule is CC1=C(O)[C@@H](C/C(C)=C/CC[C@H](C)/C=C/C=C(\C)CCCC2=CCN(CCO)C2=O)OC1=O. The number of amides is 1. The van der Waals surface area contributed by atoms with E-state index in [2.05, 4.69) is 38.2 Å². The molecule has 6 heteroatoms. The zero-order valence-corrected chi connectivity index (χ0v) is 20.5. The minimum absolute atomic E-state index is 0.00875. The van der Waals surface area contributed by atoms with Crippen LogP contribution in [0.1, 0.15) is 66.2 Å². The summed E-state index contributed by atoms with van der Waals surface area (Å²) in [5.74, 6) is 0.135. The van der Waals surface area contributed by atoms with Gasteiger partial charge in [-0.25, -0.2) is 4.79 Å². The number of carbonyl (C=O) groups is 2. The number of hydrogen-bond donors (Lipinski definition) is 2. The minimum Gasteiger partial charge on any atom is -0.508 e. The molecular formula is C27H39NO5. The molecule has 0 fully saturated rings. The van der Waals surface area contributed by atoms with Crippen LogP contribution in [0.5, 0.6) is 0 Å². The summed E-state index contributed by atoms with van der Waals surface area (Å²) < 4.78 is 5.18. The van der Waals surface area contributed by atoms with Crippen LogP contribution in [0, 0.1) is 5.92 Å². The van der Waals surface area contributed by atoms with Crippen LogP contribution in [-0.2, 0) is 14.3 Å². The number of β-amino-alcohol motifs (C(OH)–C–C–N with tert-alkyl or cyclic N) is 1. The molecular weight excluding hydrogens is 418 g/mol. The Morgan fingerprint density at radius 1 is 1.30 bits per heavy atom. The van der Waals surface area contributed by atoms with Gasteiger partial charge in [-0.05, 0) is 58.8 Å². The van der Waals surface area contributed by atoms with Gasteiger partial charge in [-0.15, -0.1) is 0 Å². The summed E-state index contributed by atoms with van der Waals surface area (Å²) in [6.07, 6.45) is 15.2. The molecule has 33 heavy (non-hydrogen) atoms. The molecule has 0 aromatic carbocycles. The molecule has 1 amide bonds. The summed E-state index contributed by atoms with van der Waals surface area (Å²) in [6, 6.07) is 0. The number of cyclic esters (lactones) is 1. The molecule has 182 valence electrons. The van der Waals surface area contributed by atoms with E-state index < -0.39 is 12.1 Å². The molecule has 0 unspecified atom stereocenters. The Morgan fingerprint density at radius 2 is 2.06 bits per heavy atom. The zero-order valence-electron chi connectivity index (χ0n) is 20.5. The molecule has 0 aromatic heterocycles. The van der Waals surface area contributed by atoms with Crippen molar-refractivity contribution in [1.82, 2.24) is 4.90 Å². The summed E-state index contributed by atoms with van der Waals surface area (Å²) in [6.45, 7) is 8.93. The van der Waals surface area contributed by atoms with Crippen molar-refractivity contribution in [1.29, 1.82) is 0 Å². The van der Waals surface area contributed by atoms with Gasteiger partial charge in [-0.2, -0.15) is 0 Å². The number of rotatable bonds is 13. The van der Waals surface area contributed by atoms with E-state index >= 15 is 0 Å². The second-order valence-electron chi connectivity index (χ2n) is 9.17. The molecule has 0 saturated carbocycles. The second-order valence-corrected chi connectivity index (χ2v) is 9.17. The number of nitrogens with zero attached hydrogens (tertiary/aromatic N) is 1. The predicted molar refractivity (Wildman–Crippen MR) is 130 cm³/mol. The Bertz CT molecular complexity index is 862. The molecule has 2 heterocycles. The van der Waals surface area contributed by atoms with Gasteiger partial charge in [0.25, 0.3) is 0 Å². The van der Waals surface area contributed by atoms with Gasteiger partial charge in [0.05, 0.1) is 12.2 Å². The Labute approximate surface area is 198 Å². The second kappa shape index (κ2) is 13.2. The van der Waals surface area contributed by atoms with Crippen molar-refractivity contribution >= 4 is 11.9 Å². The van der Waals surface area contributed by atoms with Crippen LogP contribution in [0.15, 0.2) is 58.4 Å². The fourth-order valence-corrected chi connectivity index (χ4v) is 3.99. The van der Waals surface area contributed by atoms with Crippen molar-refractivity contribution in [3.05, 3.63) is 58.4 Å². The highest BCUT2D eigenvalue weighted by molar-refractivity contribution is 5.95. The van der Waals surface area contributed by atoms with Gasteiger partial charge in [-0.3, -0.25) is 4.79 Å². The number of esters is 1. The number of allylic oxidation sites excluding steroid dienone is 5. The first-order chi connectivity index (χ1) is 15.7. The van der Waals surface area contributed by atoms with E-state index in [4.69, 9.17) is 9.84 Å². The smallest absolute Gasteiger partial charge is 0.338 e. The fraction of sp³-hybridized carbons (Fsp3) is 0.556. The maximum atomic E-state index is 12.2. The highest BCUT2D eigenvalue weighted by atomic mass is 16.6. The molecule has 0 bridgehead atoms. The molecule has 2 rings (SSSR count). The van der Waals surface area contributed by atoms with E-state index in [1.165, 1.54) is 5.57 Å². The lowest BCUT2D eigenvalue weighted by Crippen LogP contribution is -2.29. The van der Waals surface area contributed by atoms with Crippen molar-refractivity contribution < 1.29 is 24.5 Å². The van der Waals surface area contributed by atoms with Gasteiger partial charge in [0, 0.05) is 25.1 Å². The quantitative estimate of drug-likeness (QED) is 0.233. The molecule has 0 aromatic rings. The van der Waals surface area contributed by atoms with Crippen LogP contribution < -0.4 is 0 Å². The molecule has 2 aliphatic rings. The number of hydrogen-bond acceptors (Lipinski definition) is 5. The molecule has 0 saturated heterocycles. The van der Waals surface area contributed by atoms with Crippen LogP contribution in [0.25, 0.3) is 0 Å². The van der Waals surface area contributed by atoms with Gasteiger partial charge >= 0.3 is 5.97 Å². The highest BCUT2D eigenvalue weighted by Gasteiger charge is 2.31. The van der Waals surface area contributed by atoms with E-state index in [-0.39, 0.29) is 18.3 Å². The van der Waals surface area contributed by atoms with E-state index in [9.17, 15) is 14.7 Å². The first kappa shape index (κ1) is 26.7. The zero-order chi connectivity index (χ0) is 24.4. The van der Waals surface area contributed by atoms with Gasteiger partial charge in [0.15, 0.2) is 6.10 Å². The number of carbonyl (C=O) groups excluding carboxylic acids is 2. The van der Waals surface area contributed by atoms with Gasteiger partial charge < -0.3 is 19.8 Å². The van der Waals surface area contributed by atoms with Crippen LogP contribution >= 0.6 is 0 Å². The van der Waals surface area contributed by atoms with E-state index in [0.717, 1.165) is 43.3 Å². The molecule has 0 radical (unpaired) electrons. The Kier molecular flexibility index (Phi) is 10.7. The van der Waals surface area contributed by atoms with Crippen LogP contribution in [-0.4, -0.2) is 52.8 Å². The summed E-state index contributed by atoms with van der Waals surface area (Å²) in [5, 5.41) is 18.9. The molecule has 2 N–H and O–H groups in total. The third kappa shape index (κ3) is 8.35. The number of aliphatic hydroxyl groups excluding tert-OH is 2. The van der Waals surface area contributed by atoms with E-state index in [0.29, 0.717) is 31.0 Å². The fourth-order valence-electron chi connectivity index (χ4n) is 3.99. The first-order valence-corrected chi connectivity index (χ1v) is 11.9. The molecule has 2 atom stereocenters.